The highest BCUT2D eigenvalue weighted by molar-refractivity contribution is 5.93. The lowest BCUT2D eigenvalue weighted by Crippen LogP contribution is -2.22. The van der Waals surface area contributed by atoms with Crippen molar-refractivity contribution in [2.45, 2.75) is 26.1 Å². The van der Waals surface area contributed by atoms with Gasteiger partial charge in [0.15, 0.2) is 0 Å². The number of nitrogens with zero attached hydrogens (tertiary/aromatic N) is 2. The third-order valence-corrected chi connectivity index (χ3v) is 3.37. The van der Waals surface area contributed by atoms with Gasteiger partial charge in [-0.05, 0) is 36.0 Å². The van der Waals surface area contributed by atoms with E-state index in [0.717, 1.165) is 18.0 Å². The Morgan fingerprint density at radius 3 is 3.00 bits per heavy atom. The van der Waals surface area contributed by atoms with E-state index >= 15 is 0 Å². The Balaban J connectivity index is 1.66. The number of aromatic amines is 1. The Kier molecular flexibility index (Phi) is 3.17. The van der Waals surface area contributed by atoms with Crippen molar-refractivity contribution in [1.29, 1.82) is 0 Å². The van der Waals surface area contributed by atoms with Crippen LogP contribution in [0.4, 0.5) is 13.2 Å². The molecule has 0 aliphatic heterocycles. The van der Waals surface area contributed by atoms with Gasteiger partial charge in [-0.3, -0.25) is 9.48 Å². The number of amides is 1. The molecule has 0 saturated heterocycles. The van der Waals surface area contributed by atoms with Crippen LogP contribution in [0.3, 0.4) is 0 Å². The van der Waals surface area contributed by atoms with Crippen molar-refractivity contribution in [1.82, 2.24) is 20.1 Å². The first-order valence-corrected chi connectivity index (χ1v) is 7.01. The molecule has 0 unspecified atom stereocenters. The summed E-state index contributed by atoms with van der Waals surface area (Å²) in [5, 5.41) is 6.81. The van der Waals surface area contributed by atoms with Crippen LogP contribution in [-0.4, -0.2) is 26.8 Å². The van der Waals surface area contributed by atoms with Gasteiger partial charge in [-0.25, -0.2) is 0 Å². The highest BCUT2D eigenvalue weighted by Crippen LogP contribution is 2.18. The molecule has 5 nitrogen and oxygen atoms in total. The molecular formula is C16H15F3N4O. The number of aromatic nitrogens is 3. The maximum Gasteiger partial charge on any atom is 0.408 e. The third kappa shape index (κ3) is 3.76. The summed E-state index contributed by atoms with van der Waals surface area (Å²) < 4.78 is 59.9. The van der Waals surface area contributed by atoms with Crippen LogP contribution < -0.4 is 5.32 Å². The number of carbonyl (C=O) groups excluding carboxylic acids is 1. The van der Waals surface area contributed by atoms with Gasteiger partial charge >= 0.3 is 6.18 Å². The Morgan fingerprint density at radius 2 is 2.25 bits per heavy atom. The van der Waals surface area contributed by atoms with Crippen LogP contribution in [0.1, 0.15) is 25.7 Å². The summed E-state index contributed by atoms with van der Waals surface area (Å²) in [6, 6.07) is 6.67. The fraction of sp³-hybridized carbons (Fsp3) is 0.250. The number of alkyl halides is 3. The van der Waals surface area contributed by atoms with Gasteiger partial charge in [0.2, 0.25) is 0 Å². The van der Waals surface area contributed by atoms with Gasteiger partial charge < -0.3 is 10.3 Å². The maximum atomic E-state index is 12.3. The van der Waals surface area contributed by atoms with Gasteiger partial charge in [-0.2, -0.15) is 18.3 Å². The summed E-state index contributed by atoms with van der Waals surface area (Å²) >= 11 is 0. The molecule has 0 radical (unpaired) electrons. The van der Waals surface area contributed by atoms with Crippen molar-refractivity contribution < 1.29 is 22.1 Å². The minimum Gasteiger partial charge on any atom is -0.359 e. The molecule has 2 heterocycles. The summed E-state index contributed by atoms with van der Waals surface area (Å²) in [6.45, 7) is -3.38. The standard InChI is InChI=1S/C16H15F3N4O/c1-10-4-12-5-11(2-3-14(12)22-10)6-20-15(24)13-7-21-23(8-13)9-16(17,18)19/h2-5,7-8,22H,6,9H2,1H3,(H,20,24)/i1D3. The zero-order valence-corrected chi connectivity index (χ0v) is 12.3. The number of H-pyrrole nitrogens is 1. The van der Waals surface area contributed by atoms with E-state index in [9.17, 15) is 18.0 Å². The van der Waals surface area contributed by atoms with Crippen molar-refractivity contribution in [3.05, 3.63) is 53.5 Å². The predicted molar refractivity (Wildman–Crippen MR) is 82.5 cm³/mol. The van der Waals surface area contributed by atoms with Gasteiger partial charge in [0.25, 0.3) is 5.91 Å². The van der Waals surface area contributed by atoms with E-state index in [-0.39, 0.29) is 17.8 Å². The molecule has 1 aromatic carbocycles. The molecule has 0 saturated carbocycles. The van der Waals surface area contributed by atoms with Gasteiger partial charge in [-0.1, -0.05) is 6.07 Å². The topological polar surface area (TPSA) is 62.7 Å². The molecule has 0 aliphatic rings. The van der Waals surface area contributed by atoms with E-state index in [1.165, 1.54) is 6.07 Å². The lowest BCUT2D eigenvalue weighted by Gasteiger charge is -2.05. The molecule has 2 N–H and O–H groups in total. The van der Waals surface area contributed by atoms with Gasteiger partial charge in [0.05, 0.1) is 11.8 Å². The first-order valence-electron chi connectivity index (χ1n) is 8.51. The van der Waals surface area contributed by atoms with Gasteiger partial charge in [0, 0.05) is 28.1 Å². The summed E-state index contributed by atoms with van der Waals surface area (Å²) in [7, 11) is 0. The number of hydrogen-bond acceptors (Lipinski definition) is 2. The van der Waals surface area contributed by atoms with Crippen LogP contribution in [0, 0.1) is 6.85 Å². The molecule has 8 heteroatoms. The highest BCUT2D eigenvalue weighted by Gasteiger charge is 2.28. The van der Waals surface area contributed by atoms with Crippen molar-refractivity contribution in [3.63, 3.8) is 0 Å². The number of fused-ring (bicyclic) bond motifs is 1. The first kappa shape index (κ1) is 12.6. The molecule has 0 spiro atoms. The quantitative estimate of drug-likeness (QED) is 0.767. The van der Waals surface area contributed by atoms with Crippen molar-refractivity contribution >= 4 is 16.8 Å². The van der Waals surface area contributed by atoms with Crippen molar-refractivity contribution in [3.8, 4) is 0 Å². The second-order valence-electron chi connectivity index (χ2n) is 5.33. The van der Waals surface area contributed by atoms with Gasteiger partial charge in [0.1, 0.15) is 6.54 Å². The smallest absolute Gasteiger partial charge is 0.359 e. The van der Waals surface area contributed by atoms with Crippen LogP contribution in [0.5, 0.6) is 0 Å². The van der Waals surface area contributed by atoms with Crippen LogP contribution in [0.15, 0.2) is 36.7 Å². The molecular weight excluding hydrogens is 321 g/mol. The molecule has 126 valence electrons. The van der Waals surface area contributed by atoms with E-state index in [0.29, 0.717) is 15.6 Å². The lowest BCUT2D eigenvalue weighted by molar-refractivity contribution is -0.142. The molecule has 0 fully saturated rings. The molecule has 0 bridgehead atoms. The molecule has 1 amide bonds. The van der Waals surface area contributed by atoms with Crippen molar-refractivity contribution in [2.75, 3.05) is 0 Å². The van der Waals surface area contributed by atoms with Crippen LogP contribution in [-0.2, 0) is 13.1 Å². The summed E-state index contributed by atoms with van der Waals surface area (Å²) in [6.07, 6.45) is -2.32. The maximum absolute atomic E-state index is 12.3. The summed E-state index contributed by atoms with van der Waals surface area (Å²) in [5.74, 6) is -0.555. The van der Waals surface area contributed by atoms with Crippen LogP contribution in [0.2, 0.25) is 0 Å². The molecule has 3 aromatic rings. The Morgan fingerprint density at radius 1 is 1.42 bits per heavy atom. The van der Waals surface area contributed by atoms with Crippen LogP contribution in [0.25, 0.3) is 10.9 Å². The summed E-state index contributed by atoms with van der Waals surface area (Å²) in [4.78, 5) is 14.9. The first-order chi connectivity index (χ1) is 12.5. The van der Waals surface area contributed by atoms with Crippen molar-refractivity contribution in [2.24, 2.45) is 0 Å². The van der Waals surface area contributed by atoms with E-state index in [1.54, 1.807) is 18.2 Å². The number of halogens is 3. The minimum absolute atomic E-state index is 0.0201. The van der Waals surface area contributed by atoms with E-state index < -0.39 is 25.5 Å². The zero-order valence-electron chi connectivity index (χ0n) is 15.3. The minimum atomic E-state index is -4.42. The summed E-state index contributed by atoms with van der Waals surface area (Å²) in [5.41, 5.74) is 1.52. The number of hydrogen-bond donors (Lipinski definition) is 2. The monoisotopic (exact) mass is 339 g/mol. The molecule has 0 atom stereocenters. The fourth-order valence-corrected chi connectivity index (χ4v) is 2.33. The normalized spacial score (nSPS) is 14.2. The fourth-order valence-electron chi connectivity index (χ4n) is 2.33. The molecule has 24 heavy (non-hydrogen) atoms. The predicted octanol–water partition coefficient (Wildman–Crippen LogP) is 3.17. The van der Waals surface area contributed by atoms with Gasteiger partial charge in [-0.15, -0.1) is 0 Å². The number of nitrogens with one attached hydrogen (secondary N) is 2. The Bertz CT molecular complexity index is 975. The van der Waals surface area contributed by atoms with Crippen LogP contribution >= 0.6 is 0 Å². The second kappa shape index (κ2) is 6.03. The number of carbonyl (C=O) groups is 1. The third-order valence-electron chi connectivity index (χ3n) is 3.37. The number of rotatable bonds is 4. The van der Waals surface area contributed by atoms with E-state index in [4.69, 9.17) is 4.11 Å². The average Bonchev–Trinajstić information content (AvgIpc) is 3.16. The average molecular weight is 339 g/mol. The number of benzene rings is 1. The van der Waals surface area contributed by atoms with E-state index in [2.05, 4.69) is 15.4 Å². The SMILES string of the molecule is [2H]C([2H])([2H])c1cc2cc(CNC(=O)c3cnn(CC(F)(F)F)c3)ccc2[nH]1. The zero-order chi connectivity index (χ0) is 19.8. The molecule has 0 aliphatic carbocycles. The van der Waals surface area contributed by atoms with E-state index in [1.807, 2.05) is 0 Å². The Labute approximate surface area is 139 Å². The largest absolute Gasteiger partial charge is 0.408 e. The Hall–Kier alpha value is -2.77. The lowest BCUT2D eigenvalue weighted by atomic mass is 10.1. The molecule has 2 aromatic heterocycles. The number of aryl methyl sites for hydroxylation is 1. The molecule has 3 rings (SSSR count). The highest BCUT2D eigenvalue weighted by atomic mass is 19.4. The second-order valence-corrected chi connectivity index (χ2v) is 5.33.